The first kappa shape index (κ1) is 34.5. The van der Waals surface area contributed by atoms with E-state index >= 15 is 0 Å². The first-order valence-corrected chi connectivity index (χ1v) is 18.3. The van der Waals surface area contributed by atoms with Gasteiger partial charge in [0.15, 0.2) is 14.1 Å². The number of hydrogen-bond acceptors (Lipinski definition) is 5. The molecular formula is C34H56O5Si. The Morgan fingerprint density at radius 3 is 2.42 bits per heavy atom. The second-order valence-electron chi connectivity index (χ2n) is 12.9. The van der Waals surface area contributed by atoms with Gasteiger partial charge in [0.25, 0.3) is 0 Å². The summed E-state index contributed by atoms with van der Waals surface area (Å²) in [7, 11) is -0.299. The number of carbonyl (C=O) groups is 1. The average Bonchev–Trinajstić information content (AvgIpc) is 3.27. The van der Waals surface area contributed by atoms with Crippen molar-refractivity contribution in [2.24, 2.45) is 11.8 Å². The van der Waals surface area contributed by atoms with Gasteiger partial charge in [-0.1, -0.05) is 77.3 Å². The lowest BCUT2D eigenvalue weighted by molar-refractivity contribution is -0.122. The first-order chi connectivity index (χ1) is 19.0. The Kier molecular flexibility index (Phi) is 14.9. The van der Waals surface area contributed by atoms with Crippen LogP contribution in [0.2, 0.25) is 18.1 Å². The summed E-state index contributed by atoms with van der Waals surface area (Å²) < 4.78 is 17.7. The number of methoxy groups -OCH3 is 1. The van der Waals surface area contributed by atoms with Crippen LogP contribution in [-0.2, 0) is 20.6 Å². The molecule has 0 fully saturated rings. The second kappa shape index (κ2) is 17.3. The monoisotopic (exact) mass is 572 g/mol. The highest BCUT2D eigenvalue weighted by Gasteiger charge is 2.41. The smallest absolute Gasteiger partial charge is 0.192 e. The third kappa shape index (κ3) is 11.6. The maximum Gasteiger partial charge on any atom is 0.192 e. The van der Waals surface area contributed by atoms with Gasteiger partial charge in [0.2, 0.25) is 0 Å². The highest BCUT2D eigenvalue weighted by Crippen LogP contribution is 2.39. The number of carbonyl (C=O) groups excluding carboxylic acids is 1. The molecule has 0 saturated heterocycles. The SMILES string of the molecule is CCCCC[C@@H](C[C@@H](O)[C@H]1C(=O)C=C[C@@H]1C/C=C\CCCCOCc1ccc(OC)cc1)O[Si](C)(C)C(C)(C)C. The van der Waals surface area contributed by atoms with Crippen molar-refractivity contribution >= 4 is 14.1 Å². The standard InChI is InChI=1S/C34H56O5Si/c1-8-9-13-17-30(39-40(6,7)34(2,3)4)25-32(36)33-28(20-23-31(33)35)16-14-11-10-12-15-24-38-26-27-18-21-29(37-5)22-19-27/h11,14,18-23,28,30,32-33,36H,8-10,12-13,15-17,24-26H2,1-7H3/b14-11-/t28-,30-,32+,33+/m0/s1. The lowest BCUT2D eigenvalue weighted by Crippen LogP contribution is -2.45. The number of ether oxygens (including phenoxy) is 2. The van der Waals surface area contributed by atoms with Crippen molar-refractivity contribution in [2.45, 2.75) is 122 Å². The maximum absolute atomic E-state index is 12.8. The van der Waals surface area contributed by atoms with E-state index in [1.165, 1.54) is 6.42 Å². The highest BCUT2D eigenvalue weighted by atomic mass is 28.4. The fourth-order valence-electron chi connectivity index (χ4n) is 4.97. The molecule has 0 bridgehead atoms. The third-order valence-electron chi connectivity index (χ3n) is 8.53. The molecule has 0 aliphatic heterocycles. The van der Waals surface area contributed by atoms with Crippen LogP contribution in [0, 0.1) is 11.8 Å². The molecule has 1 aromatic carbocycles. The Morgan fingerprint density at radius 1 is 1.05 bits per heavy atom. The quantitative estimate of drug-likeness (QED) is 0.102. The number of aliphatic hydroxyl groups is 1. The normalized spacial score (nSPS) is 19.4. The molecule has 0 heterocycles. The molecule has 0 aromatic heterocycles. The molecule has 6 heteroatoms. The van der Waals surface area contributed by atoms with E-state index in [1.807, 2.05) is 30.3 Å². The maximum atomic E-state index is 12.8. The van der Waals surface area contributed by atoms with Crippen LogP contribution >= 0.6 is 0 Å². The van der Waals surface area contributed by atoms with Crippen molar-refractivity contribution in [1.29, 1.82) is 0 Å². The minimum atomic E-state index is -1.97. The van der Waals surface area contributed by atoms with Gasteiger partial charge in [0.1, 0.15) is 5.75 Å². The van der Waals surface area contributed by atoms with Gasteiger partial charge >= 0.3 is 0 Å². The second-order valence-corrected chi connectivity index (χ2v) is 17.6. The molecule has 0 radical (unpaired) electrons. The third-order valence-corrected chi connectivity index (χ3v) is 13.1. The van der Waals surface area contributed by atoms with Crippen molar-refractivity contribution in [2.75, 3.05) is 13.7 Å². The molecule has 40 heavy (non-hydrogen) atoms. The van der Waals surface area contributed by atoms with Crippen LogP contribution in [0.15, 0.2) is 48.6 Å². The van der Waals surface area contributed by atoms with Crippen LogP contribution < -0.4 is 4.74 Å². The molecular weight excluding hydrogens is 516 g/mol. The number of ketones is 1. The van der Waals surface area contributed by atoms with E-state index in [2.05, 4.69) is 52.9 Å². The number of unbranched alkanes of at least 4 members (excludes halogenated alkanes) is 4. The van der Waals surface area contributed by atoms with E-state index in [9.17, 15) is 9.90 Å². The predicted octanol–water partition coefficient (Wildman–Crippen LogP) is 8.42. The average molecular weight is 573 g/mol. The molecule has 0 unspecified atom stereocenters. The van der Waals surface area contributed by atoms with Gasteiger partial charge in [0.05, 0.1) is 25.7 Å². The molecule has 1 aromatic rings. The lowest BCUT2D eigenvalue weighted by Gasteiger charge is -2.40. The largest absolute Gasteiger partial charge is 0.497 e. The molecule has 0 saturated carbocycles. The van der Waals surface area contributed by atoms with Crippen molar-refractivity contribution in [3.63, 3.8) is 0 Å². The summed E-state index contributed by atoms with van der Waals surface area (Å²) in [6.45, 7) is 14.9. The van der Waals surface area contributed by atoms with Crippen LogP contribution in [0.1, 0.15) is 91.0 Å². The summed E-state index contributed by atoms with van der Waals surface area (Å²) in [5.41, 5.74) is 1.15. The van der Waals surface area contributed by atoms with Gasteiger partial charge in [-0.05, 0) is 86.3 Å². The highest BCUT2D eigenvalue weighted by molar-refractivity contribution is 6.74. The van der Waals surface area contributed by atoms with E-state index < -0.39 is 14.4 Å². The minimum Gasteiger partial charge on any atom is -0.497 e. The van der Waals surface area contributed by atoms with Crippen molar-refractivity contribution in [3.05, 3.63) is 54.1 Å². The zero-order valence-electron chi connectivity index (χ0n) is 26.3. The lowest BCUT2D eigenvalue weighted by atomic mass is 9.84. The van der Waals surface area contributed by atoms with Crippen LogP contribution in [-0.4, -0.2) is 45.1 Å². The van der Waals surface area contributed by atoms with Gasteiger partial charge < -0.3 is 19.0 Å². The Morgan fingerprint density at radius 2 is 1.77 bits per heavy atom. The van der Waals surface area contributed by atoms with E-state index in [1.54, 1.807) is 13.2 Å². The Balaban J connectivity index is 1.77. The zero-order valence-corrected chi connectivity index (χ0v) is 27.3. The van der Waals surface area contributed by atoms with Gasteiger partial charge in [-0.3, -0.25) is 4.79 Å². The number of rotatable bonds is 19. The van der Waals surface area contributed by atoms with Crippen LogP contribution in [0.25, 0.3) is 0 Å². The molecule has 0 spiro atoms. The number of allylic oxidation sites excluding steroid dienone is 4. The fraction of sp³-hybridized carbons (Fsp3) is 0.676. The number of aliphatic hydroxyl groups excluding tert-OH is 1. The molecule has 1 aliphatic carbocycles. The fourth-order valence-corrected chi connectivity index (χ4v) is 6.37. The Hall–Kier alpha value is -1.73. The molecule has 0 amide bonds. The summed E-state index contributed by atoms with van der Waals surface area (Å²) in [4.78, 5) is 12.8. The summed E-state index contributed by atoms with van der Waals surface area (Å²) in [5.74, 6) is 0.596. The summed E-state index contributed by atoms with van der Waals surface area (Å²) >= 11 is 0. The van der Waals surface area contributed by atoms with Gasteiger partial charge in [0, 0.05) is 12.7 Å². The van der Waals surface area contributed by atoms with E-state index in [4.69, 9.17) is 13.9 Å². The summed E-state index contributed by atoms with van der Waals surface area (Å²) in [6, 6.07) is 7.97. The molecule has 226 valence electrons. The van der Waals surface area contributed by atoms with E-state index in [0.717, 1.165) is 62.9 Å². The van der Waals surface area contributed by atoms with E-state index in [0.29, 0.717) is 13.0 Å². The predicted molar refractivity (Wildman–Crippen MR) is 168 cm³/mol. The molecule has 4 atom stereocenters. The number of benzene rings is 1. The molecule has 1 N–H and O–H groups in total. The summed E-state index contributed by atoms with van der Waals surface area (Å²) in [6.07, 6.45) is 16.1. The van der Waals surface area contributed by atoms with Gasteiger partial charge in [-0.2, -0.15) is 0 Å². The van der Waals surface area contributed by atoms with Crippen molar-refractivity contribution < 1.29 is 23.8 Å². The summed E-state index contributed by atoms with van der Waals surface area (Å²) in [5, 5.41) is 11.4. The zero-order chi connectivity index (χ0) is 29.6. The topological polar surface area (TPSA) is 65.0 Å². The van der Waals surface area contributed by atoms with Crippen LogP contribution in [0.4, 0.5) is 0 Å². The van der Waals surface area contributed by atoms with Gasteiger partial charge in [-0.15, -0.1) is 0 Å². The van der Waals surface area contributed by atoms with Gasteiger partial charge in [-0.25, -0.2) is 0 Å². The minimum absolute atomic E-state index is 0.000951. The van der Waals surface area contributed by atoms with Crippen LogP contribution in [0.5, 0.6) is 5.75 Å². The van der Waals surface area contributed by atoms with E-state index in [-0.39, 0.29) is 28.8 Å². The Bertz CT molecular complexity index is 915. The van der Waals surface area contributed by atoms with Crippen molar-refractivity contribution in [3.8, 4) is 5.75 Å². The first-order valence-electron chi connectivity index (χ1n) is 15.4. The Labute approximate surface area is 245 Å². The molecule has 2 rings (SSSR count). The van der Waals surface area contributed by atoms with Crippen molar-refractivity contribution in [1.82, 2.24) is 0 Å². The van der Waals surface area contributed by atoms with Crippen LogP contribution in [0.3, 0.4) is 0 Å². The number of hydrogen-bond donors (Lipinski definition) is 1. The molecule has 5 nitrogen and oxygen atoms in total. The molecule has 1 aliphatic rings.